The normalized spacial score (nSPS) is 21.6. The molecule has 1 amide bonds. The molecule has 0 spiro atoms. The molecule has 116 valence electrons. The minimum atomic E-state index is 0.127. The van der Waals surface area contributed by atoms with Crippen molar-refractivity contribution in [2.75, 3.05) is 45.8 Å². The minimum Gasteiger partial charge on any atom is -0.335 e. The summed E-state index contributed by atoms with van der Waals surface area (Å²) in [6.07, 6.45) is 0. The third-order valence-corrected chi connectivity index (χ3v) is 4.86. The van der Waals surface area contributed by atoms with Crippen LogP contribution < -0.4 is 0 Å². The molecule has 2 saturated heterocycles. The number of hydrogen-bond acceptors (Lipinski definition) is 4. The summed E-state index contributed by atoms with van der Waals surface area (Å²) in [5, 5.41) is 7.01. The van der Waals surface area contributed by atoms with Gasteiger partial charge in [-0.15, -0.1) is 0 Å². The van der Waals surface area contributed by atoms with Crippen LogP contribution in [0.3, 0.4) is 0 Å². The molecule has 21 heavy (non-hydrogen) atoms. The Morgan fingerprint density at radius 2 is 1.90 bits per heavy atom. The lowest BCUT2D eigenvalue weighted by Gasteiger charge is -2.48. The second-order valence-electron chi connectivity index (χ2n) is 6.14. The summed E-state index contributed by atoms with van der Waals surface area (Å²) < 4.78 is 0. The molecule has 1 aromatic rings. The van der Waals surface area contributed by atoms with Crippen LogP contribution >= 0.6 is 0 Å². The lowest BCUT2D eigenvalue weighted by atomic mass is 10.0. The number of hydrogen-bond donors (Lipinski definition) is 1. The van der Waals surface area contributed by atoms with E-state index in [4.69, 9.17) is 0 Å². The number of piperazine rings is 1. The van der Waals surface area contributed by atoms with Crippen molar-refractivity contribution < 1.29 is 4.79 Å². The van der Waals surface area contributed by atoms with E-state index in [2.05, 4.69) is 26.9 Å². The van der Waals surface area contributed by atoms with Crippen molar-refractivity contribution in [3.05, 3.63) is 17.0 Å². The number of rotatable bonds is 3. The number of aryl methyl sites for hydroxylation is 2. The average molecular weight is 291 g/mol. The molecular weight excluding hydrogens is 266 g/mol. The first-order valence-electron chi connectivity index (χ1n) is 7.87. The van der Waals surface area contributed by atoms with E-state index in [9.17, 15) is 4.79 Å². The maximum absolute atomic E-state index is 12.5. The van der Waals surface area contributed by atoms with Crippen LogP contribution in [0.4, 0.5) is 0 Å². The van der Waals surface area contributed by atoms with Crippen molar-refractivity contribution in [2.24, 2.45) is 0 Å². The number of likely N-dealkylation sites (N-methyl/N-ethyl adjacent to an activating group) is 1. The van der Waals surface area contributed by atoms with E-state index in [1.54, 1.807) is 0 Å². The average Bonchev–Trinajstić information content (AvgIpc) is 2.77. The third-order valence-electron chi connectivity index (χ3n) is 4.86. The van der Waals surface area contributed by atoms with Crippen LogP contribution in [0, 0.1) is 13.8 Å². The number of carbonyl (C=O) groups excluding carboxylic acids is 1. The fourth-order valence-electron chi connectivity index (χ4n) is 3.32. The van der Waals surface area contributed by atoms with Crippen molar-refractivity contribution >= 4 is 5.91 Å². The van der Waals surface area contributed by atoms with Crippen molar-refractivity contribution in [3.8, 4) is 0 Å². The number of nitrogens with zero attached hydrogens (tertiary/aromatic N) is 4. The third kappa shape index (κ3) is 2.70. The number of H-pyrrole nitrogens is 1. The molecule has 3 heterocycles. The Labute approximate surface area is 126 Å². The van der Waals surface area contributed by atoms with Gasteiger partial charge in [-0.3, -0.25) is 14.8 Å². The molecule has 0 bridgehead atoms. The molecule has 2 fully saturated rings. The first-order chi connectivity index (χ1) is 10.1. The first-order valence-corrected chi connectivity index (χ1v) is 7.87. The topological polar surface area (TPSA) is 55.5 Å². The van der Waals surface area contributed by atoms with Gasteiger partial charge in [0.1, 0.15) is 0 Å². The molecule has 0 saturated carbocycles. The number of amides is 1. The summed E-state index contributed by atoms with van der Waals surface area (Å²) in [6, 6.07) is 0.542. The molecule has 0 aromatic carbocycles. The zero-order valence-corrected chi connectivity index (χ0v) is 13.2. The molecule has 0 unspecified atom stereocenters. The molecule has 2 aliphatic heterocycles. The largest absolute Gasteiger partial charge is 0.335 e. The Morgan fingerprint density at radius 1 is 1.24 bits per heavy atom. The highest BCUT2D eigenvalue weighted by atomic mass is 16.2. The summed E-state index contributed by atoms with van der Waals surface area (Å²) >= 11 is 0. The van der Waals surface area contributed by atoms with Crippen molar-refractivity contribution in [1.82, 2.24) is 24.9 Å². The molecule has 3 rings (SSSR count). The van der Waals surface area contributed by atoms with Crippen LogP contribution in [0.15, 0.2) is 0 Å². The summed E-state index contributed by atoms with van der Waals surface area (Å²) in [5.74, 6) is 0.127. The van der Waals surface area contributed by atoms with Crippen LogP contribution in [-0.2, 0) is 0 Å². The SMILES string of the molecule is CCN1CCN(C2CN(C(=O)c3c(C)n[nH]c3C)C2)CC1. The lowest BCUT2D eigenvalue weighted by Crippen LogP contribution is -2.64. The fraction of sp³-hybridized carbons (Fsp3) is 0.733. The summed E-state index contributed by atoms with van der Waals surface area (Å²) in [5.41, 5.74) is 2.43. The smallest absolute Gasteiger partial charge is 0.257 e. The van der Waals surface area contributed by atoms with Crippen molar-refractivity contribution in [3.63, 3.8) is 0 Å². The Balaban J connectivity index is 1.53. The molecule has 2 aliphatic rings. The molecular formula is C15H25N5O. The Morgan fingerprint density at radius 3 is 2.43 bits per heavy atom. The zero-order chi connectivity index (χ0) is 15.0. The number of aromatic amines is 1. The molecule has 1 aromatic heterocycles. The first kappa shape index (κ1) is 14.5. The second-order valence-corrected chi connectivity index (χ2v) is 6.14. The van der Waals surface area contributed by atoms with E-state index in [1.165, 1.54) is 0 Å². The van der Waals surface area contributed by atoms with Crippen molar-refractivity contribution in [1.29, 1.82) is 0 Å². The Bertz CT molecular complexity index is 493. The fourth-order valence-corrected chi connectivity index (χ4v) is 3.32. The molecule has 0 radical (unpaired) electrons. The van der Waals surface area contributed by atoms with Gasteiger partial charge in [-0.1, -0.05) is 6.92 Å². The van der Waals surface area contributed by atoms with Crippen molar-refractivity contribution in [2.45, 2.75) is 26.8 Å². The van der Waals surface area contributed by atoms with Crippen LogP contribution in [0.2, 0.25) is 0 Å². The van der Waals surface area contributed by atoms with Gasteiger partial charge < -0.3 is 9.80 Å². The maximum atomic E-state index is 12.5. The van der Waals surface area contributed by atoms with Gasteiger partial charge in [0.25, 0.3) is 5.91 Å². The quantitative estimate of drug-likeness (QED) is 0.880. The standard InChI is InChI=1S/C15H25N5O/c1-4-18-5-7-19(8-6-18)13-9-20(10-13)15(21)14-11(2)16-17-12(14)3/h13H,4-10H2,1-3H3,(H,16,17). The van der Waals surface area contributed by atoms with Gasteiger partial charge in [0.05, 0.1) is 11.3 Å². The summed E-state index contributed by atoms with van der Waals surface area (Å²) in [7, 11) is 0. The molecule has 0 aliphatic carbocycles. The summed E-state index contributed by atoms with van der Waals surface area (Å²) in [4.78, 5) is 19.5. The van der Waals surface area contributed by atoms with Gasteiger partial charge in [-0.25, -0.2) is 0 Å². The zero-order valence-electron chi connectivity index (χ0n) is 13.2. The number of aromatic nitrogens is 2. The predicted molar refractivity (Wildman–Crippen MR) is 81.4 cm³/mol. The van der Waals surface area contributed by atoms with Crippen LogP contribution in [0.5, 0.6) is 0 Å². The summed E-state index contributed by atoms with van der Waals surface area (Å²) in [6.45, 7) is 13.4. The van der Waals surface area contributed by atoms with E-state index in [-0.39, 0.29) is 5.91 Å². The maximum Gasteiger partial charge on any atom is 0.257 e. The van der Waals surface area contributed by atoms with Gasteiger partial charge >= 0.3 is 0 Å². The van der Waals surface area contributed by atoms with Gasteiger partial charge in [0.2, 0.25) is 0 Å². The molecule has 6 heteroatoms. The van der Waals surface area contributed by atoms with Crippen LogP contribution in [-0.4, -0.2) is 82.7 Å². The van der Waals surface area contributed by atoms with Gasteiger partial charge in [-0.05, 0) is 20.4 Å². The lowest BCUT2D eigenvalue weighted by molar-refractivity contribution is 0.00832. The highest BCUT2D eigenvalue weighted by molar-refractivity contribution is 5.96. The Kier molecular flexibility index (Phi) is 3.99. The minimum absolute atomic E-state index is 0.127. The monoisotopic (exact) mass is 291 g/mol. The Hall–Kier alpha value is -1.40. The molecule has 1 N–H and O–H groups in total. The van der Waals surface area contributed by atoms with E-state index in [0.29, 0.717) is 6.04 Å². The van der Waals surface area contributed by atoms with Gasteiger partial charge in [-0.2, -0.15) is 5.10 Å². The van der Waals surface area contributed by atoms with E-state index in [0.717, 1.165) is 62.8 Å². The number of likely N-dealkylation sites (tertiary alicyclic amines) is 1. The number of nitrogens with one attached hydrogen (secondary N) is 1. The van der Waals surface area contributed by atoms with E-state index < -0.39 is 0 Å². The van der Waals surface area contributed by atoms with E-state index >= 15 is 0 Å². The molecule has 0 atom stereocenters. The predicted octanol–water partition coefficient (Wildman–Crippen LogP) is 0.488. The second kappa shape index (κ2) is 5.77. The highest BCUT2D eigenvalue weighted by Crippen LogP contribution is 2.21. The van der Waals surface area contributed by atoms with Crippen LogP contribution in [0.1, 0.15) is 28.7 Å². The van der Waals surface area contributed by atoms with Crippen LogP contribution in [0.25, 0.3) is 0 Å². The van der Waals surface area contributed by atoms with Gasteiger partial charge in [0, 0.05) is 51.0 Å². The highest BCUT2D eigenvalue weighted by Gasteiger charge is 2.37. The van der Waals surface area contributed by atoms with Gasteiger partial charge in [0.15, 0.2) is 0 Å². The molecule has 6 nitrogen and oxygen atoms in total. The number of carbonyl (C=O) groups is 1. The van der Waals surface area contributed by atoms with E-state index in [1.807, 2.05) is 18.7 Å².